The van der Waals surface area contributed by atoms with Crippen molar-refractivity contribution in [1.82, 2.24) is 15.1 Å². The molecule has 1 aromatic heterocycles. The highest BCUT2D eigenvalue weighted by Gasteiger charge is 2.31. The Labute approximate surface area is 200 Å². The Bertz CT molecular complexity index is 981. The summed E-state index contributed by atoms with van der Waals surface area (Å²) in [5.41, 5.74) is 2.57. The molecule has 2 aliphatic rings. The van der Waals surface area contributed by atoms with Crippen molar-refractivity contribution in [2.45, 2.75) is 32.6 Å². The summed E-state index contributed by atoms with van der Waals surface area (Å²) < 4.78 is 0. The fourth-order valence-electron chi connectivity index (χ4n) is 4.78. The number of nitrogens with one attached hydrogen (secondary N) is 2. The van der Waals surface area contributed by atoms with Gasteiger partial charge in [0.25, 0.3) is 5.91 Å². The van der Waals surface area contributed by atoms with Crippen molar-refractivity contribution < 1.29 is 9.59 Å². The largest absolute Gasteiger partial charge is 0.336 e. The van der Waals surface area contributed by atoms with Gasteiger partial charge in [-0.3, -0.25) is 9.69 Å². The zero-order valence-electron chi connectivity index (χ0n) is 19.9. The van der Waals surface area contributed by atoms with Crippen LogP contribution < -0.4 is 15.5 Å². The fourth-order valence-corrected chi connectivity index (χ4v) is 5.60. The summed E-state index contributed by atoms with van der Waals surface area (Å²) in [6.07, 6.45) is 5.07. The minimum atomic E-state index is -0.194. The number of anilines is 3. The minimum Gasteiger partial charge on any atom is -0.336 e. The average Bonchev–Trinajstić information content (AvgIpc) is 3.11. The number of carbonyl (C=O) groups excluding carboxylic acids is 2. The Hall–Kier alpha value is -2.42. The molecule has 2 aromatic rings. The molecule has 33 heavy (non-hydrogen) atoms. The van der Waals surface area contributed by atoms with E-state index in [4.69, 9.17) is 0 Å². The molecule has 0 atom stereocenters. The predicted octanol–water partition coefficient (Wildman–Crippen LogP) is 4.52. The van der Waals surface area contributed by atoms with Crippen LogP contribution in [-0.2, 0) is 0 Å². The van der Waals surface area contributed by atoms with Gasteiger partial charge < -0.3 is 20.4 Å². The molecule has 2 N–H and O–H groups in total. The molecule has 0 spiro atoms. The Morgan fingerprint density at radius 1 is 1.24 bits per heavy atom. The number of hydrogen-bond donors (Lipinski definition) is 2. The van der Waals surface area contributed by atoms with Gasteiger partial charge in [-0.15, -0.1) is 11.3 Å². The molecule has 1 saturated heterocycles. The summed E-state index contributed by atoms with van der Waals surface area (Å²) in [6, 6.07) is 7.27. The van der Waals surface area contributed by atoms with E-state index in [1.807, 2.05) is 36.6 Å². The standard InChI is InChI=1S/C25H35N5O2S/c1-18-23-20(17-33-18)24(31)27-21-8-4-5-9-22(21)30(23)25(32)26-12-16-29-14-10-19(11-15-29)7-6-13-28(2)3/h4-5,8-9,17,19H,6-7,10-16H2,1-3H3,(H,26,32)(H,27,31). The first-order chi connectivity index (χ1) is 15.9. The van der Waals surface area contributed by atoms with Crippen molar-refractivity contribution in [3.05, 3.63) is 40.1 Å². The molecule has 0 radical (unpaired) electrons. The Morgan fingerprint density at radius 3 is 2.76 bits per heavy atom. The van der Waals surface area contributed by atoms with Crippen LogP contribution in [0.5, 0.6) is 0 Å². The summed E-state index contributed by atoms with van der Waals surface area (Å²) in [5.74, 6) is 0.653. The van der Waals surface area contributed by atoms with Gasteiger partial charge in [0, 0.05) is 23.3 Å². The molecule has 2 aliphatic heterocycles. The van der Waals surface area contributed by atoms with E-state index in [-0.39, 0.29) is 11.9 Å². The summed E-state index contributed by atoms with van der Waals surface area (Å²) in [5, 5.41) is 7.88. The van der Waals surface area contributed by atoms with Crippen molar-refractivity contribution in [2.24, 2.45) is 5.92 Å². The van der Waals surface area contributed by atoms with Gasteiger partial charge in [0.05, 0.1) is 22.6 Å². The lowest BCUT2D eigenvalue weighted by atomic mass is 9.92. The third-order valence-corrected chi connectivity index (χ3v) is 7.54. The van der Waals surface area contributed by atoms with Gasteiger partial charge in [0.1, 0.15) is 0 Å². The van der Waals surface area contributed by atoms with Crippen LogP contribution in [0.1, 0.15) is 40.9 Å². The van der Waals surface area contributed by atoms with Gasteiger partial charge in [0.2, 0.25) is 0 Å². The molecule has 1 aromatic carbocycles. The summed E-state index contributed by atoms with van der Waals surface area (Å²) in [7, 11) is 4.27. The first-order valence-electron chi connectivity index (χ1n) is 11.9. The van der Waals surface area contributed by atoms with E-state index in [1.54, 1.807) is 4.90 Å². The highest BCUT2D eigenvalue weighted by Crippen LogP contribution is 2.42. The molecule has 8 heteroatoms. The lowest BCUT2D eigenvalue weighted by molar-refractivity contribution is 0.102. The number of carbonyl (C=O) groups is 2. The van der Waals surface area contributed by atoms with Crippen molar-refractivity contribution in [3.8, 4) is 0 Å². The quantitative estimate of drug-likeness (QED) is 0.626. The topological polar surface area (TPSA) is 67.9 Å². The second kappa shape index (κ2) is 10.7. The molecule has 3 heterocycles. The number of fused-ring (bicyclic) bond motifs is 2. The predicted molar refractivity (Wildman–Crippen MR) is 136 cm³/mol. The van der Waals surface area contributed by atoms with E-state index in [9.17, 15) is 9.59 Å². The molecule has 0 bridgehead atoms. The highest BCUT2D eigenvalue weighted by atomic mass is 32.1. The number of thiophene rings is 1. The highest BCUT2D eigenvalue weighted by molar-refractivity contribution is 7.11. The number of likely N-dealkylation sites (tertiary alicyclic amines) is 1. The SMILES string of the molecule is Cc1scc2c1N(C(=O)NCCN1CCC(CCCN(C)C)CC1)c1ccccc1NC2=O. The molecule has 1 fully saturated rings. The van der Waals surface area contributed by atoms with E-state index >= 15 is 0 Å². The molecular weight excluding hydrogens is 434 g/mol. The maximum atomic E-state index is 13.4. The molecule has 3 amide bonds. The molecule has 0 unspecified atom stereocenters. The lowest BCUT2D eigenvalue weighted by Gasteiger charge is -2.32. The summed E-state index contributed by atoms with van der Waals surface area (Å²) >= 11 is 1.49. The van der Waals surface area contributed by atoms with Gasteiger partial charge in [-0.25, -0.2) is 4.79 Å². The molecule has 0 saturated carbocycles. The second-order valence-corrected chi connectivity index (χ2v) is 10.4. The van der Waals surface area contributed by atoms with E-state index in [2.05, 4.69) is 34.5 Å². The van der Waals surface area contributed by atoms with Crippen molar-refractivity contribution >= 4 is 40.3 Å². The monoisotopic (exact) mass is 469 g/mol. The van der Waals surface area contributed by atoms with Crippen LogP contribution in [0.3, 0.4) is 0 Å². The Morgan fingerprint density at radius 2 is 2.00 bits per heavy atom. The third-order valence-electron chi connectivity index (χ3n) is 6.64. The number of hydrogen-bond acceptors (Lipinski definition) is 5. The number of urea groups is 1. The zero-order chi connectivity index (χ0) is 23.4. The van der Waals surface area contributed by atoms with E-state index in [0.29, 0.717) is 29.2 Å². The Balaban J connectivity index is 1.34. The van der Waals surface area contributed by atoms with Crippen LogP contribution in [0.15, 0.2) is 29.6 Å². The van der Waals surface area contributed by atoms with E-state index in [1.165, 1.54) is 37.0 Å². The third kappa shape index (κ3) is 5.57. The molecule has 7 nitrogen and oxygen atoms in total. The van der Waals surface area contributed by atoms with E-state index in [0.717, 1.165) is 37.0 Å². The van der Waals surface area contributed by atoms with Crippen LogP contribution in [0, 0.1) is 12.8 Å². The van der Waals surface area contributed by atoms with Gasteiger partial charge in [-0.1, -0.05) is 12.1 Å². The summed E-state index contributed by atoms with van der Waals surface area (Å²) in [6.45, 7) is 6.75. The number of piperidine rings is 1. The smallest absolute Gasteiger partial charge is 0.326 e. The second-order valence-electron chi connectivity index (χ2n) is 9.32. The van der Waals surface area contributed by atoms with Gasteiger partial charge in [-0.2, -0.15) is 0 Å². The molecular formula is C25H35N5O2S. The average molecular weight is 470 g/mol. The van der Waals surface area contributed by atoms with Crippen molar-refractivity contribution in [2.75, 3.05) is 57.0 Å². The zero-order valence-corrected chi connectivity index (χ0v) is 20.7. The summed E-state index contributed by atoms with van der Waals surface area (Å²) in [4.78, 5) is 33.4. The number of rotatable bonds is 7. The van der Waals surface area contributed by atoms with Crippen LogP contribution >= 0.6 is 11.3 Å². The maximum Gasteiger partial charge on any atom is 0.326 e. The normalized spacial score (nSPS) is 16.8. The van der Waals surface area contributed by atoms with Gasteiger partial charge >= 0.3 is 6.03 Å². The molecule has 4 rings (SSSR count). The lowest BCUT2D eigenvalue weighted by Crippen LogP contribution is -2.43. The van der Waals surface area contributed by atoms with Crippen LogP contribution in [0.4, 0.5) is 21.9 Å². The molecule has 0 aliphatic carbocycles. The van der Waals surface area contributed by atoms with E-state index < -0.39 is 0 Å². The minimum absolute atomic E-state index is 0.175. The van der Waals surface area contributed by atoms with Crippen LogP contribution in [0.25, 0.3) is 0 Å². The van der Waals surface area contributed by atoms with Gasteiger partial charge in [0.15, 0.2) is 0 Å². The van der Waals surface area contributed by atoms with Crippen molar-refractivity contribution in [1.29, 1.82) is 0 Å². The number of nitrogens with zero attached hydrogens (tertiary/aromatic N) is 3. The van der Waals surface area contributed by atoms with Crippen molar-refractivity contribution in [3.63, 3.8) is 0 Å². The van der Waals surface area contributed by atoms with Gasteiger partial charge in [-0.05, 0) is 84.4 Å². The first kappa shape index (κ1) is 23.7. The van der Waals surface area contributed by atoms with Crippen LogP contribution in [-0.4, -0.2) is 68.6 Å². The number of aryl methyl sites for hydroxylation is 1. The number of benzene rings is 1. The Kier molecular flexibility index (Phi) is 7.67. The number of para-hydroxylation sites is 2. The maximum absolute atomic E-state index is 13.4. The first-order valence-corrected chi connectivity index (χ1v) is 12.8. The fraction of sp³-hybridized carbons (Fsp3) is 0.520. The molecule has 178 valence electrons. The van der Waals surface area contributed by atoms with Crippen LogP contribution in [0.2, 0.25) is 0 Å². The number of amides is 3.